The van der Waals surface area contributed by atoms with E-state index in [0.717, 1.165) is 27.7 Å². The summed E-state index contributed by atoms with van der Waals surface area (Å²) >= 11 is 0. The van der Waals surface area contributed by atoms with Crippen LogP contribution in [0, 0.1) is 0 Å². The SMILES string of the molecule is CCC=C[C@@H](OC(C)=O)[C@H](CO[C@@H]1OC(COC(C)=O)[C@H](OC(C)=O)[C@H](OC(C)=O)C1OC(C)=O)NC(C)=O. The van der Waals surface area contributed by atoms with Gasteiger partial charge >= 0.3 is 29.8 Å². The van der Waals surface area contributed by atoms with Crippen molar-refractivity contribution < 1.29 is 61.9 Å². The zero-order valence-corrected chi connectivity index (χ0v) is 23.1. The molecule has 2 unspecified atom stereocenters. The first-order chi connectivity index (χ1) is 18.2. The van der Waals surface area contributed by atoms with Gasteiger partial charge in [0.15, 0.2) is 24.6 Å². The lowest BCUT2D eigenvalue weighted by atomic mass is 9.98. The molecule has 7 atom stereocenters. The maximum Gasteiger partial charge on any atom is 0.303 e. The Bertz CT molecular complexity index is 918. The minimum Gasteiger partial charge on any atom is -0.463 e. The third kappa shape index (κ3) is 12.3. The summed E-state index contributed by atoms with van der Waals surface area (Å²) in [4.78, 5) is 70.9. The molecule has 1 heterocycles. The van der Waals surface area contributed by atoms with E-state index in [-0.39, 0.29) is 6.61 Å². The van der Waals surface area contributed by atoms with Gasteiger partial charge in [-0.05, 0) is 12.5 Å². The fourth-order valence-electron chi connectivity index (χ4n) is 3.72. The third-order valence-electron chi connectivity index (χ3n) is 5.04. The molecule has 1 amide bonds. The number of hydrogen-bond donors (Lipinski definition) is 1. The van der Waals surface area contributed by atoms with Gasteiger partial charge in [-0.25, -0.2) is 0 Å². The number of hydrogen-bond acceptors (Lipinski definition) is 13. The Morgan fingerprint density at radius 3 is 1.85 bits per heavy atom. The predicted octanol–water partition coefficient (Wildman–Crippen LogP) is 0.489. The van der Waals surface area contributed by atoms with Gasteiger partial charge in [-0.3, -0.25) is 28.8 Å². The second-order valence-electron chi connectivity index (χ2n) is 8.62. The average molecular weight is 560 g/mol. The highest BCUT2D eigenvalue weighted by atomic mass is 16.7. The second-order valence-corrected chi connectivity index (χ2v) is 8.62. The number of nitrogens with one attached hydrogen (secondary N) is 1. The molecule has 0 saturated carbocycles. The molecule has 1 N–H and O–H groups in total. The van der Waals surface area contributed by atoms with Gasteiger partial charge in [0.1, 0.15) is 18.8 Å². The summed E-state index contributed by atoms with van der Waals surface area (Å²) in [6.45, 7) is 8.02. The van der Waals surface area contributed by atoms with E-state index in [1.54, 1.807) is 12.2 Å². The van der Waals surface area contributed by atoms with Crippen molar-refractivity contribution in [3.8, 4) is 0 Å². The van der Waals surface area contributed by atoms with Crippen LogP contribution in [0.25, 0.3) is 0 Å². The zero-order valence-electron chi connectivity index (χ0n) is 23.1. The van der Waals surface area contributed by atoms with Crippen molar-refractivity contribution in [3.05, 3.63) is 12.2 Å². The van der Waals surface area contributed by atoms with Crippen LogP contribution in [0.1, 0.15) is 54.9 Å². The number of carbonyl (C=O) groups excluding carboxylic acids is 6. The van der Waals surface area contributed by atoms with Gasteiger partial charge < -0.3 is 38.5 Å². The molecule has 1 rings (SSSR count). The number of allylic oxidation sites excluding steroid dienone is 1. The first-order valence-corrected chi connectivity index (χ1v) is 12.3. The first kappa shape index (κ1) is 33.5. The highest BCUT2D eigenvalue weighted by Gasteiger charge is 2.53. The molecule has 0 bridgehead atoms. The number of ether oxygens (including phenoxy) is 7. The molecular weight excluding hydrogens is 522 g/mol. The van der Waals surface area contributed by atoms with Crippen molar-refractivity contribution in [2.45, 2.75) is 97.7 Å². The molecule has 0 spiro atoms. The van der Waals surface area contributed by atoms with Crippen LogP contribution in [0.3, 0.4) is 0 Å². The molecule has 0 aromatic carbocycles. The monoisotopic (exact) mass is 559 g/mol. The van der Waals surface area contributed by atoms with E-state index in [1.807, 2.05) is 6.92 Å². The van der Waals surface area contributed by atoms with Gasteiger partial charge in [-0.2, -0.15) is 0 Å². The second kappa shape index (κ2) is 16.4. The predicted molar refractivity (Wildman–Crippen MR) is 130 cm³/mol. The van der Waals surface area contributed by atoms with Crippen LogP contribution in [-0.4, -0.2) is 91.8 Å². The van der Waals surface area contributed by atoms with Crippen LogP contribution in [0.15, 0.2) is 12.2 Å². The average Bonchev–Trinajstić information content (AvgIpc) is 2.80. The minimum absolute atomic E-state index is 0.334. The molecule has 1 fully saturated rings. The van der Waals surface area contributed by atoms with Crippen LogP contribution in [0.5, 0.6) is 0 Å². The van der Waals surface area contributed by atoms with Gasteiger partial charge in [-0.15, -0.1) is 0 Å². The summed E-state index contributed by atoms with van der Waals surface area (Å²) < 4.78 is 38.2. The number of amides is 1. The Kier molecular flexibility index (Phi) is 14.1. The highest BCUT2D eigenvalue weighted by Crippen LogP contribution is 2.30. The zero-order chi connectivity index (χ0) is 29.7. The van der Waals surface area contributed by atoms with Crippen LogP contribution in [-0.2, 0) is 61.9 Å². The largest absolute Gasteiger partial charge is 0.463 e. The van der Waals surface area contributed by atoms with E-state index in [0.29, 0.717) is 6.42 Å². The van der Waals surface area contributed by atoms with Crippen LogP contribution >= 0.6 is 0 Å². The van der Waals surface area contributed by atoms with E-state index in [2.05, 4.69) is 5.32 Å². The van der Waals surface area contributed by atoms with Crippen LogP contribution in [0.4, 0.5) is 0 Å². The lowest BCUT2D eigenvalue weighted by molar-refractivity contribution is -0.309. The fraction of sp³-hybridized carbons (Fsp3) is 0.680. The van der Waals surface area contributed by atoms with Crippen molar-refractivity contribution in [1.29, 1.82) is 0 Å². The summed E-state index contributed by atoms with van der Waals surface area (Å²) in [6, 6.07) is -0.916. The van der Waals surface area contributed by atoms with Crippen LogP contribution < -0.4 is 5.32 Å². The number of esters is 5. The third-order valence-corrected chi connectivity index (χ3v) is 5.04. The molecule has 14 nitrogen and oxygen atoms in total. The molecule has 0 radical (unpaired) electrons. The standard InChI is InChI=1S/C25H37NO13/c1-8-9-10-20(35-15(4)29)19(26-13(2)27)11-34-25-24(38-18(7)32)23(37-17(6)31)22(36-16(5)30)21(39-25)12-33-14(3)28/h9-10,19-25H,8,11-12H2,1-7H3,(H,26,27)/t19-,20+,21?,22-,23-,24?,25+/m0/s1. The van der Waals surface area contributed by atoms with Gasteiger partial charge in [0.05, 0.1) is 12.6 Å². The van der Waals surface area contributed by atoms with E-state index in [4.69, 9.17) is 33.2 Å². The number of carbonyl (C=O) groups is 6. The molecule has 0 aromatic rings. The van der Waals surface area contributed by atoms with E-state index < -0.39 is 85.2 Å². The molecule has 0 aromatic heterocycles. The van der Waals surface area contributed by atoms with Crippen molar-refractivity contribution in [2.75, 3.05) is 13.2 Å². The summed E-state index contributed by atoms with van der Waals surface area (Å²) in [5, 5.41) is 2.64. The maximum absolute atomic E-state index is 12.0. The molecule has 1 saturated heterocycles. The minimum atomic E-state index is -1.46. The summed E-state index contributed by atoms with van der Waals surface area (Å²) in [7, 11) is 0. The van der Waals surface area contributed by atoms with Gasteiger partial charge in [0.25, 0.3) is 0 Å². The molecule has 220 valence electrons. The first-order valence-electron chi connectivity index (χ1n) is 12.3. The lowest BCUT2D eigenvalue weighted by Gasteiger charge is -2.44. The molecule has 1 aliphatic heterocycles. The summed E-state index contributed by atoms with van der Waals surface area (Å²) in [6.07, 6.45) is -3.88. The van der Waals surface area contributed by atoms with Crippen molar-refractivity contribution in [1.82, 2.24) is 5.32 Å². The van der Waals surface area contributed by atoms with E-state index >= 15 is 0 Å². The summed E-state index contributed by atoms with van der Waals surface area (Å²) in [5.74, 6) is -4.09. The lowest BCUT2D eigenvalue weighted by Crippen LogP contribution is -2.63. The topological polar surface area (TPSA) is 179 Å². The van der Waals surface area contributed by atoms with Crippen molar-refractivity contribution in [3.63, 3.8) is 0 Å². The van der Waals surface area contributed by atoms with Gasteiger partial charge in [0.2, 0.25) is 5.91 Å². The normalized spacial score (nSPS) is 24.1. The quantitative estimate of drug-likeness (QED) is 0.187. The molecule has 39 heavy (non-hydrogen) atoms. The Labute approximate surface area is 226 Å². The number of rotatable bonds is 13. The molecular formula is C25H37NO13. The molecule has 0 aliphatic carbocycles. The maximum atomic E-state index is 12.0. The van der Waals surface area contributed by atoms with Gasteiger partial charge in [-0.1, -0.05) is 13.0 Å². The Morgan fingerprint density at radius 2 is 1.36 bits per heavy atom. The highest BCUT2D eigenvalue weighted by molar-refractivity contribution is 5.73. The smallest absolute Gasteiger partial charge is 0.303 e. The van der Waals surface area contributed by atoms with E-state index in [9.17, 15) is 28.8 Å². The van der Waals surface area contributed by atoms with Gasteiger partial charge in [0, 0.05) is 41.5 Å². The van der Waals surface area contributed by atoms with Crippen LogP contribution in [0.2, 0.25) is 0 Å². The summed E-state index contributed by atoms with van der Waals surface area (Å²) in [5.41, 5.74) is 0. The molecule has 1 aliphatic rings. The Balaban J connectivity index is 3.43. The van der Waals surface area contributed by atoms with Crippen molar-refractivity contribution >= 4 is 35.8 Å². The van der Waals surface area contributed by atoms with Crippen molar-refractivity contribution in [2.24, 2.45) is 0 Å². The molecule has 14 heteroatoms. The Hall–Kier alpha value is -3.52. The fourth-order valence-corrected chi connectivity index (χ4v) is 3.72. The Morgan fingerprint density at radius 1 is 0.795 bits per heavy atom. The van der Waals surface area contributed by atoms with E-state index in [1.165, 1.54) is 13.8 Å².